The van der Waals surface area contributed by atoms with Crippen LogP contribution >= 0.6 is 11.3 Å². The molecule has 0 bridgehead atoms. The number of aryl methyl sites for hydroxylation is 1. The third-order valence-electron chi connectivity index (χ3n) is 2.83. The first-order valence-electron chi connectivity index (χ1n) is 5.49. The summed E-state index contributed by atoms with van der Waals surface area (Å²) in [5, 5.41) is 3.64. The Labute approximate surface area is 93.9 Å². The van der Waals surface area contributed by atoms with Crippen molar-refractivity contribution in [3.05, 3.63) is 11.1 Å². The van der Waals surface area contributed by atoms with Crippen LogP contribution in [0.5, 0.6) is 0 Å². The Morgan fingerprint density at radius 1 is 1.47 bits per heavy atom. The molecule has 15 heavy (non-hydrogen) atoms. The minimum Gasteiger partial charge on any atom is -0.302 e. The molecule has 1 aliphatic carbocycles. The van der Waals surface area contributed by atoms with Crippen molar-refractivity contribution >= 4 is 22.4 Å². The van der Waals surface area contributed by atoms with Crippen LogP contribution in [0.3, 0.4) is 0 Å². The number of anilines is 1. The highest BCUT2D eigenvalue weighted by Gasteiger charge is 2.21. The predicted octanol–water partition coefficient (Wildman–Crippen LogP) is 2.97. The van der Waals surface area contributed by atoms with Crippen LogP contribution in [0.25, 0.3) is 0 Å². The van der Waals surface area contributed by atoms with Gasteiger partial charge in [-0.1, -0.05) is 19.3 Å². The topological polar surface area (TPSA) is 42.0 Å². The van der Waals surface area contributed by atoms with E-state index in [1.54, 1.807) is 6.20 Å². The maximum absolute atomic E-state index is 11.8. The number of hydrogen-bond donors (Lipinski definition) is 1. The van der Waals surface area contributed by atoms with E-state index < -0.39 is 0 Å². The molecule has 1 fully saturated rings. The van der Waals surface area contributed by atoms with Crippen molar-refractivity contribution in [3.8, 4) is 0 Å². The summed E-state index contributed by atoms with van der Waals surface area (Å²) >= 11 is 1.54. The molecule has 1 saturated carbocycles. The fourth-order valence-electron chi connectivity index (χ4n) is 1.98. The summed E-state index contributed by atoms with van der Waals surface area (Å²) in [6, 6.07) is 0. The number of nitrogens with zero attached hydrogens (tertiary/aromatic N) is 1. The van der Waals surface area contributed by atoms with Crippen LogP contribution in [-0.4, -0.2) is 10.9 Å². The van der Waals surface area contributed by atoms with Crippen molar-refractivity contribution in [2.75, 3.05) is 5.32 Å². The van der Waals surface area contributed by atoms with Gasteiger partial charge < -0.3 is 5.32 Å². The molecule has 3 nitrogen and oxygen atoms in total. The summed E-state index contributed by atoms with van der Waals surface area (Å²) in [4.78, 5) is 17.1. The number of thiazole rings is 1. The maximum Gasteiger partial charge on any atom is 0.229 e. The summed E-state index contributed by atoms with van der Waals surface area (Å²) in [5.74, 6) is 0.368. The average Bonchev–Trinajstić information content (AvgIpc) is 2.65. The molecule has 0 unspecified atom stereocenters. The normalized spacial score (nSPS) is 17.7. The number of rotatable bonds is 2. The Hall–Kier alpha value is -0.900. The molecule has 1 aromatic heterocycles. The van der Waals surface area contributed by atoms with Gasteiger partial charge in [0.25, 0.3) is 0 Å². The molecule has 1 heterocycles. The number of hydrogen-bond acceptors (Lipinski definition) is 3. The first kappa shape index (κ1) is 10.6. The molecule has 0 saturated heterocycles. The largest absolute Gasteiger partial charge is 0.302 e. The fraction of sp³-hybridized carbons (Fsp3) is 0.636. The van der Waals surface area contributed by atoms with Gasteiger partial charge in [0, 0.05) is 17.0 Å². The Morgan fingerprint density at radius 3 is 2.80 bits per heavy atom. The van der Waals surface area contributed by atoms with E-state index >= 15 is 0 Å². The smallest absolute Gasteiger partial charge is 0.229 e. The molecule has 4 heteroatoms. The number of amides is 1. The maximum atomic E-state index is 11.8. The highest BCUT2D eigenvalue weighted by Crippen LogP contribution is 2.25. The molecule has 0 radical (unpaired) electrons. The molecule has 0 aliphatic heterocycles. The molecule has 1 aliphatic rings. The summed E-state index contributed by atoms with van der Waals surface area (Å²) < 4.78 is 0. The lowest BCUT2D eigenvalue weighted by molar-refractivity contribution is -0.120. The van der Waals surface area contributed by atoms with Crippen LogP contribution < -0.4 is 5.32 Å². The Morgan fingerprint density at radius 2 is 2.20 bits per heavy atom. The van der Waals surface area contributed by atoms with Crippen LogP contribution in [-0.2, 0) is 4.79 Å². The predicted molar refractivity (Wildman–Crippen MR) is 62.1 cm³/mol. The molecule has 0 atom stereocenters. The van der Waals surface area contributed by atoms with Crippen LogP contribution in [0, 0.1) is 12.8 Å². The highest BCUT2D eigenvalue weighted by atomic mass is 32.1. The Balaban J connectivity index is 1.91. The second-order valence-corrected chi connectivity index (χ2v) is 5.34. The van der Waals surface area contributed by atoms with Crippen molar-refractivity contribution in [1.29, 1.82) is 0 Å². The minimum atomic E-state index is 0.157. The van der Waals surface area contributed by atoms with Gasteiger partial charge in [-0.2, -0.15) is 0 Å². The van der Waals surface area contributed by atoms with Gasteiger partial charge in [0.1, 0.15) is 0 Å². The lowest BCUT2D eigenvalue weighted by Gasteiger charge is -2.19. The molecule has 2 rings (SSSR count). The van der Waals surface area contributed by atoms with E-state index in [-0.39, 0.29) is 11.8 Å². The monoisotopic (exact) mass is 224 g/mol. The fourth-order valence-corrected chi connectivity index (χ4v) is 2.65. The third-order valence-corrected chi connectivity index (χ3v) is 3.66. The number of aromatic nitrogens is 1. The van der Waals surface area contributed by atoms with E-state index in [9.17, 15) is 4.79 Å². The van der Waals surface area contributed by atoms with E-state index in [1.165, 1.54) is 30.6 Å². The zero-order valence-electron chi connectivity index (χ0n) is 8.95. The number of nitrogens with one attached hydrogen (secondary N) is 1. The Kier molecular flexibility index (Phi) is 3.36. The van der Waals surface area contributed by atoms with Gasteiger partial charge in [0.05, 0.1) is 0 Å². The minimum absolute atomic E-state index is 0.157. The molecule has 0 spiro atoms. The number of carbonyl (C=O) groups is 1. The van der Waals surface area contributed by atoms with Gasteiger partial charge >= 0.3 is 0 Å². The van der Waals surface area contributed by atoms with Gasteiger partial charge in [0.2, 0.25) is 5.91 Å². The van der Waals surface area contributed by atoms with E-state index in [1.807, 2.05) is 6.92 Å². The average molecular weight is 224 g/mol. The van der Waals surface area contributed by atoms with Gasteiger partial charge in [-0.25, -0.2) is 4.98 Å². The van der Waals surface area contributed by atoms with Gasteiger partial charge in [0.15, 0.2) is 5.13 Å². The second kappa shape index (κ2) is 4.75. The van der Waals surface area contributed by atoms with Gasteiger partial charge in [-0.05, 0) is 19.8 Å². The summed E-state index contributed by atoms with van der Waals surface area (Å²) in [5.41, 5.74) is 0. The quantitative estimate of drug-likeness (QED) is 0.839. The first-order chi connectivity index (χ1) is 7.25. The zero-order valence-corrected chi connectivity index (χ0v) is 9.77. The van der Waals surface area contributed by atoms with Gasteiger partial charge in [-0.15, -0.1) is 11.3 Å². The first-order valence-corrected chi connectivity index (χ1v) is 6.30. The molecular formula is C11H16N2OS. The van der Waals surface area contributed by atoms with Crippen LogP contribution in [0.2, 0.25) is 0 Å². The molecular weight excluding hydrogens is 208 g/mol. The summed E-state index contributed by atoms with van der Waals surface area (Å²) in [6.07, 6.45) is 7.53. The standard InChI is InChI=1S/C11H16N2OS/c1-8-7-12-11(15-8)13-10(14)9-5-3-2-4-6-9/h7,9H,2-6H2,1H3,(H,12,13,14). The van der Waals surface area contributed by atoms with Crippen molar-refractivity contribution < 1.29 is 4.79 Å². The lowest BCUT2D eigenvalue weighted by Crippen LogP contribution is -2.24. The summed E-state index contributed by atoms with van der Waals surface area (Å²) in [7, 11) is 0. The molecule has 82 valence electrons. The van der Waals surface area contributed by atoms with Crippen molar-refractivity contribution in [2.45, 2.75) is 39.0 Å². The highest BCUT2D eigenvalue weighted by molar-refractivity contribution is 7.15. The van der Waals surface area contributed by atoms with E-state index in [4.69, 9.17) is 0 Å². The molecule has 1 amide bonds. The van der Waals surface area contributed by atoms with Crippen molar-refractivity contribution in [2.24, 2.45) is 5.92 Å². The van der Waals surface area contributed by atoms with Crippen molar-refractivity contribution in [3.63, 3.8) is 0 Å². The molecule has 1 N–H and O–H groups in total. The van der Waals surface area contributed by atoms with Crippen LogP contribution in [0.4, 0.5) is 5.13 Å². The second-order valence-electron chi connectivity index (χ2n) is 4.10. The molecule has 0 aromatic carbocycles. The zero-order chi connectivity index (χ0) is 10.7. The third kappa shape index (κ3) is 2.78. The van der Waals surface area contributed by atoms with E-state index in [0.717, 1.165) is 22.9 Å². The Bertz CT molecular complexity index is 342. The van der Waals surface area contributed by atoms with Crippen molar-refractivity contribution in [1.82, 2.24) is 4.98 Å². The van der Waals surface area contributed by atoms with Crippen LogP contribution in [0.1, 0.15) is 37.0 Å². The lowest BCUT2D eigenvalue weighted by atomic mass is 9.89. The van der Waals surface area contributed by atoms with Gasteiger partial charge in [-0.3, -0.25) is 4.79 Å². The number of carbonyl (C=O) groups excluding carboxylic acids is 1. The van der Waals surface area contributed by atoms with E-state index in [2.05, 4.69) is 10.3 Å². The molecule has 1 aromatic rings. The van der Waals surface area contributed by atoms with E-state index in [0.29, 0.717) is 0 Å². The summed E-state index contributed by atoms with van der Waals surface area (Å²) in [6.45, 7) is 1.99. The SMILES string of the molecule is Cc1cnc(NC(=O)C2CCCCC2)s1. The van der Waals surface area contributed by atoms with Crippen LogP contribution in [0.15, 0.2) is 6.20 Å².